The van der Waals surface area contributed by atoms with Gasteiger partial charge in [0.05, 0.1) is 33.0 Å². The topological polar surface area (TPSA) is 249 Å². The molecule has 0 aliphatic rings. The molecular formula is C42H49F4N9O9S. The first-order chi connectivity index (χ1) is 31.0. The highest BCUT2D eigenvalue weighted by atomic mass is 32.2. The molecule has 0 spiro atoms. The number of alkyl halides is 3. The van der Waals surface area contributed by atoms with Crippen molar-refractivity contribution in [1.82, 2.24) is 35.5 Å². The number of nitrogen functional groups attached to an aromatic ring is 1. The van der Waals surface area contributed by atoms with E-state index in [1.54, 1.807) is 16.7 Å². The summed E-state index contributed by atoms with van der Waals surface area (Å²) in [4.78, 5) is 70.0. The molecule has 0 radical (unpaired) electrons. The molecule has 5 rings (SSSR count). The van der Waals surface area contributed by atoms with Crippen molar-refractivity contribution < 1.29 is 60.6 Å². The smallest absolute Gasteiger partial charge is 0.430 e. The van der Waals surface area contributed by atoms with Crippen LogP contribution in [0.1, 0.15) is 35.7 Å². The number of carbonyl (C=O) groups is 4. The van der Waals surface area contributed by atoms with Gasteiger partial charge in [-0.2, -0.15) is 18.2 Å². The van der Waals surface area contributed by atoms with Crippen LogP contribution in [0.5, 0.6) is 0 Å². The van der Waals surface area contributed by atoms with Crippen LogP contribution in [0.3, 0.4) is 0 Å². The molecule has 2 aromatic carbocycles. The number of anilines is 1. The number of halogens is 4. The van der Waals surface area contributed by atoms with Gasteiger partial charge >= 0.3 is 6.18 Å². The summed E-state index contributed by atoms with van der Waals surface area (Å²) in [5.74, 6) is -4.29. The molecule has 1 atom stereocenters. The first kappa shape index (κ1) is 51.2. The number of aromatic amines is 1. The standard InChI is InChI=1S/C40H48FN9O7S.C2HF3O2/c1-27(51)45-33(26-58-40-46-34-35(47-39(42)48-38(34)54)50(40)25-28-5-11-32(41)12-6-28)37(53)44-16-4-20-56-22-24-57-23-21-55-19-3-15-43-36(52)31-9-7-29(8-10-31)30-13-17-49(2)18-14-30;3-2(4,5)1(6)7/h5-14,17-18,33H,3-4,15-16,19-26H2,1-2H3,(H5-,42,43,44,45,47,48,51,52,53,54);(H,6,7)/t33-;/m0./s1. The number of carboxylic acids is 1. The quantitative estimate of drug-likeness (QED) is 0.0271. The van der Waals surface area contributed by atoms with Crippen LogP contribution in [0.25, 0.3) is 22.3 Å². The van der Waals surface area contributed by atoms with Gasteiger partial charge in [0.15, 0.2) is 28.7 Å². The summed E-state index contributed by atoms with van der Waals surface area (Å²) in [5, 5.41) is 17.6. The number of nitrogens with one attached hydrogen (secondary N) is 4. The number of H-pyrrole nitrogens is 1. The van der Waals surface area contributed by atoms with Crippen LogP contribution in [-0.2, 0) is 42.2 Å². The van der Waals surface area contributed by atoms with Gasteiger partial charge in [0.25, 0.3) is 11.5 Å². The number of carbonyl (C=O) groups excluding carboxylic acids is 4. The molecule has 23 heteroatoms. The van der Waals surface area contributed by atoms with Crippen LogP contribution in [0.2, 0.25) is 0 Å². The van der Waals surface area contributed by atoms with Crippen molar-refractivity contribution in [3.05, 3.63) is 100 Å². The van der Waals surface area contributed by atoms with Gasteiger partial charge in [-0.1, -0.05) is 36.0 Å². The van der Waals surface area contributed by atoms with Crippen molar-refractivity contribution in [2.45, 2.75) is 43.7 Å². The fourth-order valence-electron chi connectivity index (χ4n) is 5.66. The first-order valence-electron chi connectivity index (χ1n) is 20.0. The van der Waals surface area contributed by atoms with Crippen molar-refractivity contribution in [2.24, 2.45) is 7.05 Å². The fraction of sp³-hybridized carbons (Fsp3) is 0.381. The Bertz CT molecular complexity index is 2380. The molecule has 3 heterocycles. The lowest BCUT2D eigenvalue weighted by molar-refractivity contribution is -0.671. The van der Waals surface area contributed by atoms with Gasteiger partial charge in [-0.25, -0.2) is 13.9 Å². The maximum Gasteiger partial charge on any atom is 0.430 e. The van der Waals surface area contributed by atoms with Crippen molar-refractivity contribution in [3.63, 3.8) is 0 Å². The predicted octanol–water partition coefficient (Wildman–Crippen LogP) is 1.65. The number of aryl methyl sites for hydroxylation is 1. The highest BCUT2D eigenvalue weighted by Gasteiger charge is 2.29. The monoisotopic (exact) mass is 931 g/mol. The van der Waals surface area contributed by atoms with E-state index in [1.807, 2.05) is 60.4 Å². The normalized spacial score (nSPS) is 11.7. The van der Waals surface area contributed by atoms with Crippen LogP contribution in [0.15, 0.2) is 83.0 Å². The van der Waals surface area contributed by atoms with Gasteiger partial charge in [-0.3, -0.25) is 28.7 Å². The van der Waals surface area contributed by atoms with Crippen LogP contribution in [-0.4, -0.2) is 114 Å². The molecule has 0 bridgehead atoms. The Labute approximate surface area is 374 Å². The zero-order valence-corrected chi connectivity index (χ0v) is 36.3. The second-order valence-electron chi connectivity index (χ2n) is 14.0. The zero-order valence-electron chi connectivity index (χ0n) is 35.5. The number of aromatic nitrogens is 5. The maximum atomic E-state index is 13.5. The number of fused-ring (bicyclic) bond motifs is 1. The number of benzene rings is 2. The highest BCUT2D eigenvalue weighted by molar-refractivity contribution is 7.99. The lowest BCUT2D eigenvalue weighted by Gasteiger charge is -2.17. The van der Waals surface area contributed by atoms with E-state index in [9.17, 15) is 36.7 Å². The maximum absolute atomic E-state index is 13.5. The van der Waals surface area contributed by atoms with E-state index >= 15 is 0 Å². The molecule has 3 amide bonds. The van der Waals surface area contributed by atoms with Crippen LogP contribution in [0.4, 0.5) is 23.5 Å². The van der Waals surface area contributed by atoms with Gasteiger partial charge < -0.3 is 45.8 Å². The van der Waals surface area contributed by atoms with Gasteiger partial charge in [-0.15, -0.1) is 0 Å². The number of amides is 3. The van der Waals surface area contributed by atoms with E-state index in [-0.39, 0.29) is 47.0 Å². The SMILES string of the molecule is CC(=O)N[C@@H](CSc1nc2c(=O)[nH]c(N)nc2n1Cc1ccc(F)cc1)C(=O)NCCCOCCOCCOCCCNC(=O)c1ccc(-c2cc[n+](C)cc2)cc1.O=C([O-])C(F)(F)F. The Balaban J connectivity index is 0.00000122. The molecule has 18 nitrogen and oxygen atoms in total. The summed E-state index contributed by atoms with van der Waals surface area (Å²) in [6.45, 7) is 4.80. The number of ether oxygens (including phenoxy) is 3. The summed E-state index contributed by atoms with van der Waals surface area (Å²) in [6.07, 6.45) is -0.0213. The van der Waals surface area contributed by atoms with E-state index in [4.69, 9.17) is 29.8 Å². The Morgan fingerprint density at radius 3 is 1.98 bits per heavy atom. The van der Waals surface area contributed by atoms with Gasteiger partial charge in [-0.05, 0) is 53.8 Å². The minimum absolute atomic E-state index is 0.0596. The number of rotatable bonds is 23. The van der Waals surface area contributed by atoms with Gasteiger partial charge in [0.1, 0.15) is 24.9 Å². The lowest BCUT2D eigenvalue weighted by atomic mass is 10.0. The van der Waals surface area contributed by atoms with E-state index in [2.05, 4.69) is 30.9 Å². The Hall–Kier alpha value is -6.43. The number of aliphatic carboxylic acids is 1. The molecule has 6 N–H and O–H groups in total. The number of carboxylic acid groups (broad SMARTS) is 1. The molecule has 0 saturated carbocycles. The summed E-state index contributed by atoms with van der Waals surface area (Å²) >= 11 is 1.16. The number of nitrogens with zero attached hydrogens (tertiary/aromatic N) is 4. The molecule has 0 saturated heterocycles. The molecule has 3 aromatic heterocycles. The minimum Gasteiger partial charge on any atom is -0.542 e. The van der Waals surface area contributed by atoms with Crippen LogP contribution < -0.4 is 36.9 Å². The Morgan fingerprint density at radius 2 is 1.42 bits per heavy atom. The third-order valence-corrected chi connectivity index (χ3v) is 9.94. The van der Waals surface area contributed by atoms with Crippen LogP contribution >= 0.6 is 11.8 Å². The second kappa shape index (κ2) is 25.8. The lowest BCUT2D eigenvalue weighted by Crippen LogP contribution is -2.48. The molecular weight excluding hydrogens is 883 g/mol. The number of thioether (sulfide) groups is 1. The molecule has 5 aromatic rings. The number of imidazole rings is 1. The molecule has 0 fully saturated rings. The molecule has 65 heavy (non-hydrogen) atoms. The Morgan fingerprint density at radius 1 is 0.862 bits per heavy atom. The predicted molar refractivity (Wildman–Crippen MR) is 228 cm³/mol. The molecule has 0 aliphatic carbocycles. The summed E-state index contributed by atoms with van der Waals surface area (Å²) in [6, 6.07) is 16.6. The van der Waals surface area contributed by atoms with Crippen LogP contribution in [0, 0.1) is 5.82 Å². The summed E-state index contributed by atoms with van der Waals surface area (Å²) in [7, 11) is 1.97. The van der Waals surface area contributed by atoms with E-state index in [0.717, 1.165) is 28.5 Å². The minimum atomic E-state index is -5.19. The average molecular weight is 932 g/mol. The van der Waals surface area contributed by atoms with Crippen molar-refractivity contribution in [1.29, 1.82) is 0 Å². The molecule has 0 unspecified atom stereocenters. The number of hydrogen-bond acceptors (Lipinski definition) is 13. The number of nitrogens with two attached hydrogens (primary N) is 1. The summed E-state index contributed by atoms with van der Waals surface area (Å²) in [5.41, 5.74) is 9.04. The van der Waals surface area contributed by atoms with Gasteiger partial charge in [0.2, 0.25) is 17.8 Å². The second-order valence-corrected chi connectivity index (χ2v) is 15.0. The van der Waals surface area contributed by atoms with Crippen molar-refractivity contribution in [3.8, 4) is 11.1 Å². The van der Waals surface area contributed by atoms with E-state index in [0.29, 0.717) is 76.3 Å². The number of hydrogen-bond donors (Lipinski definition) is 5. The van der Waals surface area contributed by atoms with E-state index in [1.165, 1.54) is 19.1 Å². The first-order valence-corrected chi connectivity index (χ1v) is 21.0. The van der Waals surface area contributed by atoms with Crippen molar-refractivity contribution in [2.75, 3.05) is 64.2 Å². The van der Waals surface area contributed by atoms with Crippen molar-refractivity contribution >= 4 is 52.6 Å². The highest BCUT2D eigenvalue weighted by Crippen LogP contribution is 2.24. The Kier molecular flexibility index (Phi) is 20.3. The van der Waals surface area contributed by atoms with E-state index < -0.39 is 29.7 Å². The molecule has 350 valence electrons. The summed E-state index contributed by atoms with van der Waals surface area (Å²) < 4.78 is 65.5. The fourth-order valence-corrected chi connectivity index (χ4v) is 6.67. The third-order valence-electron chi connectivity index (χ3n) is 8.87. The third kappa shape index (κ3) is 17.6. The van der Waals surface area contributed by atoms with Gasteiger partial charge in [0, 0.05) is 56.7 Å². The molecule has 0 aliphatic heterocycles. The largest absolute Gasteiger partial charge is 0.542 e. The number of pyridine rings is 1. The zero-order chi connectivity index (χ0) is 47.4. The average Bonchev–Trinajstić information content (AvgIpc) is 3.60.